The number of benzene rings is 1. The summed E-state index contributed by atoms with van der Waals surface area (Å²) in [5.41, 5.74) is 0.198. The van der Waals surface area contributed by atoms with Crippen LogP contribution >= 0.6 is 15.9 Å². The van der Waals surface area contributed by atoms with Gasteiger partial charge in [0.25, 0.3) is 0 Å². The summed E-state index contributed by atoms with van der Waals surface area (Å²) >= 11 is 3.08. The minimum absolute atomic E-state index is 0.198. The lowest BCUT2D eigenvalue weighted by Crippen LogP contribution is -2.01. The number of aliphatic hydroxyl groups excluding tert-OH is 1. The Hall–Kier alpha value is -1.13. The first-order chi connectivity index (χ1) is 7.59. The fourth-order valence-corrected chi connectivity index (χ4v) is 1.87. The van der Waals surface area contributed by atoms with Crippen molar-refractivity contribution in [3.05, 3.63) is 57.7 Å². The van der Waals surface area contributed by atoms with Gasteiger partial charge in [-0.25, -0.2) is 4.39 Å². The van der Waals surface area contributed by atoms with Gasteiger partial charge in [0.2, 0.25) is 0 Å². The van der Waals surface area contributed by atoms with Crippen LogP contribution in [0, 0.1) is 12.7 Å². The quantitative estimate of drug-likeness (QED) is 0.915. The van der Waals surface area contributed by atoms with E-state index in [2.05, 4.69) is 15.9 Å². The number of aliphatic hydroxyl groups is 1. The fourth-order valence-electron chi connectivity index (χ4n) is 1.49. The van der Waals surface area contributed by atoms with Gasteiger partial charge >= 0.3 is 0 Å². The zero-order chi connectivity index (χ0) is 11.7. The molecule has 16 heavy (non-hydrogen) atoms. The van der Waals surface area contributed by atoms with Gasteiger partial charge in [-0.2, -0.15) is 0 Å². The molecule has 1 unspecified atom stereocenters. The molecular weight excluding hydrogens is 275 g/mol. The second-order valence-corrected chi connectivity index (χ2v) is 4.35. The summed E-state index contributed by atoms with van der Waals surface area (Å²) in [5, 5.41) is 9.96. The number of hydrogen-bond acceptors (Lipinski definition) is 2. The van der Waals surface area contributed by atoms with Gasteiger partial charge in [0.1, 0.15) is 23.4 Å². The normalized spacial score (nSPS) is 12.8. The SMILES string of the molecule is Cc1ccc(C(O)c2cccc(Br)c2F)o1. The molecule has 1 aromatic heterocycles. The highest BCUT2D eigenvalue weighted by atomic mass is 79.9. The second-order valence-electron chi connectivity index (χ2n) is 3.49. The van der Waals surface area contributed by atoms with Gasteiger partial charge < -0.3 is 9.52 Å². The van der Waals surface area contributed by atoms with Gasteiger partial charge in [-0.3, -0.25) is 0 Å². The molecule has 2 nitrogen and oxygen atoms in total. The Bertz CT molecular complexity index is 507. The van der Waals surface area contributed by atoms with E-state index in [0.717, 1.165) is 0 Å². The van der Waals surface area contributed by atoms with E-state index in [1.54, 1.807) is 31.2 Å². The van der Waals surface area contributed by atoms with Crippen molar-refractivity contribution in [2.45, 2.75) is 13.0 Å². The van der Waals surface area contributed by atoms with Gasteiger partial charge in [0.05, 0.1) is 4.47 Å². The number of aryl methyl sites for hydroxylation is 1. The fraction of sp³-hybridized carbons (Fsp3) is 0.167. The summed E-state index contributed by atoms with van der Waals surface area (Å²) < 4.78 is 19.3. The third kappa shape index (κ3) is 2.03. The summed E-state index contributed by atoms with van der Waals surface area (Å²) in [6.07, 6.45) is -1.08. The highest BCUT2D eigenvalue weighted by molar-refractivity contribution is 9.10. The molecule has 0 radical (unpaired) electrons. The van der Waals surface area contributed by atoms with Crippen LogP contribution in [0.1, 0.15) is 23.2 Å². The zero-order valence-electron chi connectivity index (χ0n) is 8.58. The van der Waals surface area contributed by atoms with Gasteiger partial charge in [-0.15, -0.1) is 0 Å². The van der Waals surface area contributed by atoms with Crippen LogP contribution in [-0.2, 0) is 0 Å². The summed E-state index contributed by atoms with van der Waals surface area (Å²) in [5.74, 6) is 0.558. The molecule has 0 aliphatic rings. The minimum atomic E-state index is -1.08. The highest BCUT2D eigenvalue weighted by Gasteiger charge is 2.19. The van der Waals surface area contributed by atoms with E-state index >= 15 is 0 Å². The molecule has 84 valence electrons. The molecule has 0 aliphatic heterocycles. The predicted molar refractivity (Wildman–Crippen MR) is 61.6 cm³/mol. The molecule has 0 saturated carbocycles. The number of rotatable bonds is 2. The number of hydrogen-bond donors (Lipinski definition) is 1. The monoisotopic (exact) mass is 284 g/mol. The smallest absolute Gasteiger partial charge is 0.143 e. The Morgan fingerprint density at radius 1 is 1.31 bits per heavy atom. The van der Waals surface area contributed by atoms with E-state index in [0.29, 0.717) is 16.0 Å². The van der Waals surface area contributed by atoms with E-state index in [4.69, 9.17) is 4.42 Å². The van der Waals surface area contributed by atoms with E-state index in [-0.39, 0.29) is 5.56 Å². The molecular formula is C12H10BrFO2. The van der Waals surface area contributed by atoms with E-state index in [1.807, 2.05) is 0 Å². The maximum Gasteiger partial charge on any atom is 0.143 e. The average molecular weight is 285 g/mol. The van der Waals surface area contributed by atoms with Crippen molar-refractivity contribution in [2.75, 3.05) is 0 Å². The second kappa shape index (κ2) is 4.39. The van der Waals surface area contributed by atoms with E-state index in [1.165, 1.54) is 6.07 Å². The van der Waals surface area contributed by atoms with Crippen molar-refractivity contribution in [1.82, 2.24) is 0 Å². The third-order valence-corrected chi connectivity index (χ3v) is 2.92. The van der Waals surface area contributed by atoms with Crippen molar-refractivity contribution >= 4 is 15.9 Å². The average Bonchev–Trinajstić information content (AvgIpc) is 2.68. The molecule has 1 N–H and O–H groups in total. The Morgan fingerprint density at radius 3 is 2.69 bits per heavy atom. The highest BCUT2D eigenvalue weighted by Crippen LogP contribution is 2.28. The molecule has 4 heteroatoms. The molecule has 2 aromatic rings. The van der Waals surface area contributed by atoms with Gasteiger partial charge in [0, 0.05) is 5.56 Å². The molecule has 0 amide bonds. The van der Waals surface area contributed by atoms with Crippen LogP contribution in [0.2, 0.25) is 0 Å². The Labute approximate surface area is 101 Å². The van der Waals surface area contributed by atoms with Crippen molar-refractivity contribution in [3.63, 3.8) is 0 Å². The molecule has 0 bridgehead atoms. The van der Waals surface area contributed by atoms with Crippen LogP contribution in [0.3, 0.4) is 0 Å². The molecule has 1 heterocycles. The van der Waals surface area contributed by atoms with Crippen LogP contribution < -0.4 is 0 Å². The summed E-state index contributed by atoms with van der Waals surface area (Å²) in [6, 6.07) is 8.15. The maximum absolute atomic E-state index is 13.7. The molecule has 1 aromatic carbocycles. The predicted octanol–water partition coefficient (Wildman–Crippen LogP) is 3.57. The summed E-state index contributed by atoms with van der Waals surface area (Å²) in [7, 11) is 0. The molecule has 0 saturated heterocycles. The number of halogens is 2. The summed E-state index contributed by atoms with van der Waals surface area (Å²) in [6.45, 7) is 1.77. The summed E-state index contributed by atoms with van der Waals surface area (Å²) in [4.78, 5) is 0. The lowest BCUT2D eigenvalue weighted by atomic mass is 10.1. The zero-order valence-corrected chi connectivity index (χ0v) is 10.2. The van der Waals surface area contributed by atoms with E-state index < -0.39 is 11.9 Å². The lowest BCUT2D eigenvalue weighted by Gasteiger charge is -2.10. The first-order valence-electron chi connectivity index (χ1n) is 4.78. The number of furan rings is 1. The minimum Gasteiger partial charge on any atom is -0.463 e. The van der Waals surface area contributed by atoms with Crippen LogP contribution in [0.5, 0.6) is 0 Å². The van der Waals surface area contributed by atoms with Gasteiger partial charge in [-0.1, -0.05) is 12.1 Å². The third-order valence-electron chi connectivity index (χ3n) is 2.31. The lowest BCUT2D eigenvalue weighted by molar-refractivity contribution is 0.183. The Balaban J connectivity index is 2.41. The topological polar surface area (TPSA) is 33.4 Å². The molecule has 0 spiro atoms. The standard InChI is InChI=1S/C12H10BrFO2/c1-7-5-6-10(16-7)12(15)8-3-2-4-9(13)11(8)14/h2-6,12,15H,1H3. The Morgan fingerprint density at radius 2 is 2.06 bits per heavy atom. The van der Waals surface area contributed by atoms with Crippen LogP contribution in [0.15, 0.2) is 39.2 Å². The van der Waals surface area contributed by atoms with Crippen LogP contribution in [0.4, 0.5) is 4.39 Å². The van der Waals surface area contributed by atoms with Crippen molar-refractivity contribution in [3.8, 4) is 0 Å². The van der Waals surface area contributed by atoms with Crippen molar-refractivity contribution in [1.29, 1.82) is 0 Å². The first-order valence-corrected chi connectivity index (χ1v) is 5.57. The first kappa shape index (κ1) is 11.4. The van der Waals surface area contributed by atoms with Crippen LogP contribution in [0.25, 0.3) is 0 Å². The van der Waals surface area contributed by atoms with Crippen LogP contribution in [-0.4, -0.2) is 5.11 Å². The Kier molecular flexibility index (Phi) is 3.12. The van der Waals surface area contributed by atoms with Gasteiger partial charge in [-0.05, 0) is 41.1 Å². The maximum atomic E-state index is 13.7. The molecule has 2 rings (SSSR count). The molecule has 0 fully saturated rings. The van der Waals surface area contributed by atoms with Crippen molar-refractivity contribution in [2.24, 2.45) is 0 Å². The van der Waals surface area contributed by atoms with E-state index in [9.17, 15) is 9.50 Å². The largest absolute Gasteiger partial charge is 0.463 e. The molecule has 1 atom stereocenters. The molecule has 0 aliphatic carbocycles. The van der Waals surface area contributed by atoms with Crippen molar-refractivity contribution < 1.29 is 13.9 Å². The van der Waals surface area contributed by atoms with Gasteiger partial charge in [0.15, 0.2) is 0 Å².